The third kappa shape index (κ3) is 11.4. The van der Waals surface area contributed by atoms with Gasteiger partial charge in [0.2, 0.25) is 17.7 Å². The summed E-state index contributed by atoms with van der Waals surface area (Å²) in [5.74, 6) is -1.80. The van der Waals surface area contributed by atoms with Gasteiger partial charge in [-0.15, -0.1) is 0 Å². The van der Waals surface area contributed by atoms with Crippen molar-refractivity contribution >= 4 is 40.6 Å². The van der Waals surface area contributed by atoms with Gasteiger partial charge in [0.15, 0.2) is 0 Å². The quantitative estimate of drug-likeness (QED) is 0.282. The van der Waals surface area contributed by atoms with Crippen LogP contribution >= 0.6 is 0 Å². The molecule has 1 aliphatic rings. The molecule has 0 saturated carbocycles. The number of hydrogen-bond donors (Lipinski definition) is 5. The Morgan fingerprint density at radius 2 is 1.72 bits per heavy atom. The maximum Gasteiger partial charge on any atom is 0.326 e. The number of aromatic amines is 1. The molecule has 1 aromatic carbocycles. The van der Waals surface area contributed by atoms with Crippen molar-refractivity contribution in [2.24, 2.45) is 5.92 Å². The lowest BCUT2D eigenvalue weighted by atomic mass is 9.98. The smallest absolute Gasteiger partial charge is 0.326 e. The summed E-state index contributed by atoms with van der Waals surface area (Å²) < 4.78 is 1.56. The molecule has 0 unspecified atom stereocenters. The van der Waals surface area contributed by atoms with Crippen LogP contribution in [0, 0.1) is 5.92 Å². The van der Waals surface area contributed by atoms with E-state index in [0.29, 0.717) is 75.0 Å². The first-order chi connectivity index (χ1) is 22.5. The molecule has 3 heterocycles. The zero-order valence-electron chi connectivity index (χ0n) is 27.2. The Kier molecular flexibility index (Phi) is 14.1. The van der Waals surface area contributed by atoms with Crippen LogP contribution < -0.4 is 21.6 Å². The van der Waals surface area contributed by atoms with Gasteiger partial charge in [-0.2, -0.15) is 0 Å². The second kappa shape index (κ2) is 18.2. The summed E-state index contributed by atoms with van der Waals surface area (Å²) in [4.78, 5) is 82.3. The number of fused-ring (bicyclic) bond motifs is 1. The van der Waals surface area contributed by atoms with Crippen LogP contribution in [0.25, 0.3) is 11.0 Å². The van der Waals surface area contributed by atoms with E-state index in [9.17, 15) is 24.0 Å². The molecule has 254 valence electrons. The molecule has 4 amide bonds. The number of aryl methyl sites for hydroxylation is 1. The van der Waals surface area contributed by atoms with Gasteiger partial charge < -0.3 is 30.9 Å². The lowest BCUT2D eigenvalue weighted by Crippen LogP contribution is -2.50. The second-order valence-electron chi connectivity index (χ2n) is 11.5. The van der Waals surface area contributed by atoms with E-state index in [1.54, 1.807) is 46.1 Å². The number of carbonyl (C=O) groups is 5. The second-order valence-corrected chi connectivity index (χ2v) is 11.5. The summed E-state index contributed by atoms with van der Waals surface area (Å²) in [5, 5.41) is 16.1. The largest absolute Gasteiger partial charge is 0.481 e. The van der Waals surface area contributed by atoms with Gasteiger partial charge in [0.1, 0.15) is 6.04 Å². The summed E-state index contributed by atoms with van der Waals surface area (Å²) in [6, 6.07) is 7.98. The maximum absolute atomic E-state index is 13.2. The molecule has 4 rings (SSSR count). The van der Waals surface area contributed by atoms with Crippen LogP contribution in [0.2, 0.25) is 0 Å². The van der Waals surface area contributed by atoms with Crippen LogP contribution in [-0.2, 0) is 32.1 Å². The van der Waals surface area contributed by atoms with Gasteiger partial charge >= 0.3 is 5.69 Å². The molecule has 5 N–H and O–H groups in total. The number of aliphatic carboxylic acids is 1. The Morgan fingerprint density at radius 3 is 2.43 bits per heavy atom. The van der Waals surface area contributed by atoms with Gasteiger partial charge in [0.25, 0.3) is 11.9 Å². The summed E-state index contributed by atoms with van der Waals surface area (Å²) in [7, 11) is 0. The number of nitrogens with zero attached hydrogens (tertiary/aromatic N) is 3. The molecule has 2 atom stereocenters. The van der Waals surface area contributed by atoms with Crippen molar-refractivity contribution in [3.8, 4) is 0 Å². The summed E-state index contributed by atoms with van der Waals surface area (Å²) in [6.45, 7) is 6.73. The number of amides is 4. The first-order valence-electron chi connectivity index (χ1n) is 15.9. The standard InChI is InChI=1S/C31H41N7O5.C2H4O2/c1-3-21(2)28-30(42)34-14-7-17-38-25-19-23(10-11-24(25)35-31(38)43)29(41)33-13-6-16-37(15-5-9-26(39)36-28)27(40)18-22-8-4-12-32-20-22;1-2(3)4/h4,8,10-12,19-21,28H,3,5-7,9,13-18H2,1-2H3,(H,33,41)(H,34,42)(H,35,43)(H,36,39);1H3,(H,3,4)/t21-,28-;/m0./s1. The van der Waals surface area contributed by atoms with E-state index in [1.807, 2.05) is 19.9 Å². The monoisotopic (exact) mass is 651 g/mol. The number of aromatic nitrogens is 3. The topological polar surface area (TPSA) is 196 Å². The molecule has 14 nitrogen and oxygen atoms in total. The van der Waals surface area contributed by atoms with Crippen molar-refractivity contribution in [2.75, 3.05) is 26.2 Å². The Morgan fingerprint density at radius 1 is 1.02 bits per heavy atom. The Balaban J connectivity index is 0.00000142. The number of hydrogen-bond acceptors (Lipinski definition) is 7. The lowest BCUT2D eigenvalue weighted by Gasteiger charge is -2.25. The Labute approximate surface area is 273 Å². The fourth-order valence-electron chi connectivity index (χ4n) is 5.18. The molecule has 3 aromatic rings. The Bertz CT molecular complexity index is 1580. The molecule has 0 fully saturated rings. The first-order valence-corrected chi connectivity index (χ1v) is 15.9. The lowest BCUT2D eigenvalue weighted by molar-refractivity contribution is -0.134. The van der Waals surface area contributed by atoms with Crippen molar-refractivity contribution in [3.05, 3.63) is 64.3 Å². The van der Waals surface area contributed by atoms with E-state index in [0.717, 1.165) is 12.5 Å². The number of benzene rings is 1. The highest BCUT2D eigenvalue weighted by molar-refractivity contribution is 5.97. The van der Waals surface area contributed by atoms with Crippen LogP contribution in [0.3, 0.4) is 0 Å². The van der Waals surface area contributed by atoms with E-state index in [2.05, 4.69) is 25.9 Å². The average Bonchev–Trinajstić information content (AvgIpc) is 3.35. The number of carbonyl (C=O) groups excluding carboxylic acids is 4. The molecular formula is C33H45N7O7. The van der Waals surface area contributed by atoms with Crippen LogP contribution in [0.15, 0.2) is 47.5 Å². The molecular weight excluding hydrogens is 606 g/mol. The summed E-state index contributed by atoms with van der Waals surface area (Å²) in [6.07, 6.45) is 5.78. The van der Waals surface area contributed by atoms with Gasteiger partial charge in [0.05, 0.1) is 17.5 Å². The maximum atomic E-state index is 13.2. The highest BCUT2D eigenvalue weighted by Gasteiger charge is 2.26. The first kappa shape index (κ1) is 36.5. The van der Waals surface area contributed by atoms with Gasteiger partial charge in [-0.05, 0) is 55.0 Å². The number of H-pyrrole nitrogens is 1. The van der Waals surface area contributed by atoms with Gasteiger partial charge in [-0.3, -0.25) is 33.5 Å². The molecule has 0 saturated heterocycles. The van der Waals surface area contributed by atoms with Crippen molar-refractivity contribution in [2.45, 2.75) is 71.9 Å². The van der Waals surface area contributed by atoms with Crippen LogP contribution in [0.4, 0.5) is 0 Å². The van der Waals surface area contributed by atoms with Crippen LogP contribution in [0.1, 0.15) is 68.8 Å². The average molecular weight is 652 g/mol. The fourth-order valence-corrected chi connectivity index (χ4v) is 5.18. The van der Waals surface area contributed by atoms with E-state index in [1.165, 1.54) is 0 Å². The predicted molar refractivity (Wildman–Crippen MR) is 176 cm³/mol. The molecule has 47 heavy (non-hydrogen) atoms. The van der Waals surface area contributed by atoms with Crippen LogP contribution in [-0.4, -0.2) is 86.4 Å². The minimum absolute atomic E-state index is 0.0807. The number of nitrogens with one attached hydrogen (secondary N) is 4. The molecule has 1 aliphatic heterocycles. The SMILES string of the molecule is CC(=O)O.CC[C@H](C)[C@@H]1NC(=O)CCCN(C(=O)Cc2cccnc2)CCCNC(=O)c2ccc3[nH]c(=O)n(c3c2)CCCNC1=O. The third-order valence-corrected chi connectivity index (χ3v) is 7.86. The van der Waals surface area contributed by atoms with Crippen molar-refractivity contribution in [1.82, 2.24) is 35.4 Å². The molecule has 0 aliphatic carbocycles. The number of carboxylic acid groups (broad SMARTS) is 1. The molecule has 2 aromatic heterocycles. The van der Waals surface area contributed by atoms with Crippen molar-refractivity contribution in [3.63, 3.8) is 0 Å². The van der Waals surface area contributed by atoms with E-state index >= 15 is 0 Å². The van der Waals surface area contributed by atoms with Crippen molar-refractivity contribution in [1.29, 1.82) is 0 Å². The summed E-state index contributed by atoms with van der Waals surface area (Å²) >= 11 is 0. The highest BCUT2D eigenvalue weighted by Crippen LogP contribution is 2.14. The summed E-state index contributed by atoms with van der Waals surface area (Å²) in [5.41, 5.74) is 2.14. The predicted octanol–water partition coefficient (Wildman–Crippen LogP) is 1.84. The third-order valence-electron chi connectivity index (χ3n) is 7.86. The van der Waals surface area contributed by atoms with E-state index < -0.39 is 12.0 Å². The molecule has 0 radical (unpaired) electrons. The zero-order chi connectivity index (χ0) is 34.3. The van der Waals surface area contributed by atoms with E-state index in [4.69, 9.17) is 9.90 Å². The molecule has 2 bridgehead atoms. The number of carboxylic acids is 1. The van der Waals surface area contributed by atoms with Gasteiger partial charge in [0, 0.05) is 64.0 Å². The Hall–Kier alpha value is -5.01. The fraction of sp³-hybridized carbons (Fsp3) is 0.485. The molecule has 0 spiro atoms. The zero-order valence-corrected chi connectivity index (χ0v) is 27.2. The van der Waals surface area contributed by atoms with Crippen LogP contribution in [0.5, 0.6) is 0 Å². The number of rotatable bonds is 4. The minimum atomic E-state index is -0.833. The minimum Gasteiger partial charge on any atom is -0.481 e. The molecule has 14 heteroatoms. The number of imidazole rings is 1. The van der Waals surface area contributed by atoms with Gasteiger partial charge in [-0.25, -0.2) is 4.79 Å². The van der Waals surface area contributed by atoms with Gasteiger partial charge in [-0.1, -0.05) is 26.3 Å². The normalized spacial score (nSPS) is 17.7. The number of pyridine rings is 1. The van der Waals surface area contributed by atoms with E-state index in [-0.39, 0.29) is 48.1 Å². The highest BCUT2D eigenvalue weighted by atomic mass is 16.4. The van der Waals surface area contributed by atoms with Crippen molar-refractivity contribution < 1.29 is 29.1 Å².